The molecule has 1 aliphatic heterocycles. The van der Waals surface area contributed by atoms with Crippen molar-refractivity contribution >= 4 is 11.8 Å². The summed E-state index contributed by atoms with van der Waals surface area (Å²) in [5, 5.41) is 0. The summed E-state index contributed by atoms with van der Waals surface area (Å²) in [5.74, 6) is 0.0793. The molecule has 1 fully saturated rings. The normalized spacial score (nSPS) is 20.6. The Hall–Kier alpha value is -0.900. The van der Waals surface area contributed by atoms with E-state index in [9.17, 15) is 9.59 Å². The molecule has 92 valence electrons. The van der Waals surface area contributed by atoms with Gasteiger partial charge in [0, 0.05) is 25.9 Å². The molecule has 1 heterocycles. The van der Waals surface area contributed by atoms with Crippen LogP contribution in [0.25, 0.3) is 0 Å². The Morgan fingerprint density at radius 1 is 1.31 bits per heavy atom. The molecule has 0 bridgehead atoms. The Kier molecular flexibility index (Phi) is 4.08. The van der Waals surface area contributed by atoms with E-state index in [0.29, 0.717) is 25.9 Å². The monoisotopic (exact) mass is 227 g/mol. The van der Waals surface area contributed by atoms with E-state index in [2.05, 4.69) is 4.90 Å². The van der Waals surface area contributed by atoms with E-state index in [1.54, 1.807) is 0 Å². The van der Waals surface area contributed by atoms with Crippen molar-refractivity contribution in [2.24, 2.45) is 5.41 Å². The minimum Gasteiger partial charge on any atom is -0.468 e. The molecule has 1 aliphatic rings. The zero-order valence-electron chi connectivity index (χ0n) is 10.6. The molecule has 4 nitrogen and oxygen atoms in total. The quantitative estimate of drug-likeness (QED) is 0.666. The van der Waals surface area contributed by atoms with Crippen LogP contribution in [0.15, 0.2) is 0 Å². The van der Waals surface area contributed by atoms with E-state index in [1.165, 1.54) is 7.11 Å². The molecule has 1 saturated heterocycles. The fourth-order valence-electron chi connectivity index (χ4n) is 2.19. The molecule has 4 heteroatoms. The standard InChI is InChI=1S/C12H21NO3/c1-12(2,3)10(11(15)16-4)13-7-5-9(14)6-8-13/h10H,5-8H2,1-4H3. The van der Waals surface area contributed by atoms with Gasteiger partial charge in [-0.05, 0) is 5.41 Å². The molecule has 1 rings (SSSR count). The van der Waals surface area contributed by atoms with Gasteiger partial charge in [0.2, 0.25) is 0 Å². The van der Waals surface area contributed by atoms with Crippen molar-refractivity contribution in [1.82, 2.24) is 4.90 Å². The summed E-state index contributed by atoms with van der Waals surface area (Å²) in [6, 6.07) is -0.259. The van der Waals surface area contributed by atoms with Crippen LogP contribution in [0.2, 0.25) is 0 Å². The molecule has 0 aromatic rings. The Bertz CT molecular complexity index is 270. The molecule has 0 amide bonds. The Morgan fingerprint density at radius 2 is 1.81 bits per heavy atom. The van der Waals surface area contributed by atoms with Crippen LogP contribution >= 0.6 is 0 Å². The van der Waals surface area contributed by atoms with Gasteiger partial charge in [0.1, 0.15) is 11.8 Å². The van der Waals surface area contributed by atoms with E-state index >= 15 is 0 Å². The molecular formula is C12H21NO3. The summed E-state index contributed by atoms with van der Waals surface area (Å²) in [5.41, 5.74) is -0.173. The highest BCUT2D eigenvalue weighted by Gasteiger charge is 2.38. The fourth-order valence-corrected chi connectivity index (χ4v) is 2.19. The minimum absolute atomic E-state index is 0.173. The number of carbonyl (C=O) groups excluding carboxylic acids is 2. The number of esters is 1. The maximum Gasteiger partial charge on any atom is 0.323 e. The van der Waals surface area contributed by atoms with Crippen molar-refractivity contribution in [3.05, 3.63) is 0 Å². The van der Waals surface area contributed by atoms with Gasteiger partial charge < -0.3 is 4.74 Å². The Morgan fingerprint density at radius 3 is 2.19 bits per heavy atom. The van der Waals surface area contributed by atoms with Crippen LogP contribution in [0.5, 0.6) is 0 Å². The average molecular weight is 227 g/mol. The van der Waals surface area contributed by atoms with E-state index in [4.69, 9.17) is 4.74 Å². The third-order valence-electron chi connectivity index (χ3n) is 2.97. The number of hydrogen-bond donors (Lipinski definition) is 0. The zero-order valence-corrected chi connectivity index (χ0v) is 10.6. The molecule has 0 aromatic carbocycles. The first-order chi connectivity index (χ1) is 7.36. The number of methoxy groups -OCH3 is 1. The second-order valence-corrected chi connectivity index (χ2v) is 5.37. The predicted molar refractivity (Wildman–Crippen MR) is 61.1 cm³/mol. The maximum atomic E-state index is 11.8. The molecule has 1 atom stereocenters. The molecule has 0 saturated carbocycles. The van der Waals surface area contributed by atoms with Crippen LogP contribution in [0.1, 0.15) is 33.6 Å². The van der Waals surface area contributed by atoms with Crippen molar-refractivity contribution in [2.45, 2.75) is 39.7 Å². The van der Waals surface area contributed by atoms with Crippen molar-refractivity contribution in [1.29, 1.82) is 0 Å². The molecular weight excluding hydrogens is 206 g/mol. The SMILES string of the molecule is COC(=O)C(N1CCC(=O)CC1)C(C)(C)C. The zero-order chi connectivity index (χ0) is 12.3. The summed E-state index contributed by atoms with van der Waals surface area (Å²) in [4.78, 5) is 25.0. The predicted octanol–water partition coefficient (Wildman–Crippen LogP) is 1.24. The van der Waals surface area contributed by atoms with Crippen LogP contribution < -0.4 is 0 Å². The third kappa shape index (κ3) is 3.04. The first kappa shape index (κ1) is 13.2. The number of ether oxygens (including phenoxy) is 1. The topological polar surface area (TPSA) is 46.6 Å². The summed E-state index contributed by atoms with van der Waals surface area (Å²) in [7, 11) is 1.41. The first-order valence-electron chi connectivity index (χ1n) is 5.70. The second kappa shape index (κ2) is 4.95. The van der Waals surface area contributed by atoms with Crippen LogP contribution in [-0.4, -0.2) is 42.9 Å². The van der Waals surface area contributed by atoms with E-state index in [0.717, 1.165) is 0 Å². The average Bonchev–Trinajstić information content (AvgIpc) is 2.19. The highest BCUT2D eigenvalue weighted by Crippen LogP contribution is 2.27. The Balaban J connectivity index is 2.77. The van der Waals surface area contributed by atoms with E-state index < -0.39 is 0 Å². The number of ketones is 1. The van der Waals surface area contributed by atoms with Gasteiger partial charge in [-0.2, -0.15) is 0 Å². The molecule has 1 unspecified atom stereocenters. The molecule has 16 heavy (non-hydrogen) atoms. The van der Waals surface area contributed by atoms with Crippen molar-refractivity contribution in [3.63, 3.8) is 0 Å². The lowest BCUT2D eigenvalue weighted by molar-refractivity contribution is -0.153. The van der Waals surface area contributed by atoms with Crippen LogP contribution in [0.4, 0.5) is 0 Å². The second-order valence-electron chi connectivity index (χ2n) is 5.37. The third-order valence-corrected chi connectivity index (χ3v) is 2.97. The number of rotatable bonds is 2. The van der Waals surface area contributed by atoms with Crippen LogP contribution in [-0.2, 0) is 14.3 Å². The summed E-state index contributed by atoms with van der Waals surface area (Å²) < 4.78 is 4.85. The smallest absolute Gasteiger partial charge is 0.323 e. The number of likely N-dealkylation sites (tertiary alicyclic amines) is 1. The van der Waals surface area contributed by atoms with Crippen molar-refractivity contribution < 1.29 is 14.3 Å². The number of hydrogen-bond acceptors (Lipinski definition) is 4. The van der Waals surface area contributed by atoms with Crippen molar-refractivity contribution in [2.75, 3.05) is 20.2 Å². The number of carbonyl (C=O) groups is 2. The van der Waals surface area contributed by atoms with Gasteiger partial charge in [-0.15, -0.1) is 0 Å². The highest BCUT2D eigenvalue weighted by molar-refractivity contribution is 5.80. The van der Waals surface area contributed by atoms with Gasteiger partial charge in [0.25, 0.3) is 0 Å². The largest absolute Gasteiger partial charge is 0.468 e. The van der Waals surface area contributed by atoms with Gasteiger partial charge in [-0.3, -0.25) is 14.5 Å². The van der Waals surface area contributed by atoms with Gasteiger partial charge in [-0.25, -0.2) is 0 Å². The molecule has 0 radical (unpaired) electrons. The molecule has 0 aromatic heterocycles. The molecule has 0 N–H and O–H groups in total. The first-order valence-corrected chi connectivity index (χ1v) is 5.70. The van der Waals surface area contributed by atoms with Crippen LogP contribution in [0, 0.1) is 5.41 Å². The molecule has 0 spiro atoms. The maximum absolute atomic E-state index is 11.8. The van der Waals surface area contributed by atoms with Gasteiger partial charge >= 0.3 is 5.97 Å². The highest BCUT2D eigenvalue weighted by atomic mass is 16.5. The van der Waals surface area contributed by atoms with Crippen molar-refractivity contribution in [3.8, 4) is 0 Å². The summed E-state index contributed by atoms with van der Waals surface area (Å²) in [6.07, 6.45) is 1.09. The van der Waals surface area contributed by atoms with Gasteiger partial charge in [0.15, 0.2) is 0 Å². The van der Waals surface area contributed by atoms with Gasteiger partial charge in [0.05, 0.1) is 7.11 Å². The lowest BCUT2D eigenvalue weighted by atomic mass is 9.84. The lowest BCUT2D eigenvalue weighted by Gasteiger charge is -2.39. The summed E-state index contributed by atoms with van der Waals surface area (Å²) in [6.45, 7) is 7.38. The minimum atomic E-state index is -0.259. The van der Waals surface area contributed by atoms with E-state index in [-0.39, 0.29) is 23.2 Å². The van der Waals surface area contributed by atoms with E-state index in [1.807, 2.05) is 20.8 Å². The number of nitrogens with zero attached hydrogens (tertiary/aromatic N) is 1. The fraction of sp³-hybridized carbons (Fsp3) is 0.833. The van der Waals surface area contributed by atoms with Gasteiger partial charge in [-0.1, -0.05) is 20.8 Å². The Labute approximate surface area is 96.9 Å². The summed E-state index contributed by atoms with van der Waals surface area (Å²) >= 11 is 0. The number of Topliss-reactive ketones (excluding diaryl/α,β-unsaturated/α-hetero) is 1. The molecule has 0 aliphatic carbocycles. The van der Waals surface area contributed by atoms with Crippen LogP contribution in [0.3, 0.4) is 0 Å². The lowest BCUT2D eigenvalue weighted by Crippen LogP contribution is -2.52. The number of piperidine rings is 1.